The molecule has 0 aliphatic carbocycles. The molecule has 2 N–H and O–H groups in total. The van der Waals surface area contributed by atoms with Crippen LogP contribution in [0, 0.1) is 20.8 Å². The minimum absolute atomic E-state index is 0.193. The van der Waals surface area contributed by atoms with Gasteiger partial charge in [-0.1, -0.05) is 45.8 Å². The van der Waals surface area contributed by atoms with E-state index in [9.17, 15) is 0 Å². The molecule has 2 nitrogen and oxygen atoms in total. The SMILES string of the molecule is COc1c(C)cc(Br)c(C)c1C(N)c1ccc(C)cc1. The van der Waals surface area contributed by atoms with E-state index in [1.54, 1.807) is 7.11 Å². The summed E-state index contributed by atoms with van der Waals surface area (Å²) < 4.78 is 6.64. The fourth-order valence-electron chi connectivity index (χ4n) is 2.46. The summed E-state index contributed by atoms with van der Waals surface area (Å²) in [6, 6.07) is 10.2. The number of halogens is 1. The van der Waals surface area contributed by atoms with Gasteiger partial charge in [0.25, 0.3) is 0 Å². The highest BCUT2D eigenvalue weighted by molar-refractivity contribution is 9.10. The molecule has 0 spiro atoms. The quantitative estimate of drug-likeness (QED) is 0.901. The van der Waals surface area contributed by atoms with Crippen LogP contribution in [0.2, 0.25) is 0 Å². The zero-order chi connectivity index (χ0) is 14.9. The molecule has 20 heavy (non-hydrogen) atoms. The van der Waals surface area contributed by atoms with Crippen LogP contribution in [0.3, 0.4) is 0 Å². The summed E-state index contributed by atoms with van der Waals surface area (Å²) in [4.78, 5) is 0. The fourth-order valence-corrected chi connectivity index (χ4v) is 3.02. The van der Waals surface area contributed by atoms with E-state index in [1.807, 2.05) is 6.92 Å². The van der Waals surface area contributed by atoms with Crippen LogP contribution in [0.1, 0.15) is 33.9 Å². The summed E-state index contributed by atoms with van der Waals surface area (Å²) in [7, 11) is 1.70. The van der Waals surface area contributed by atoms with E-state index >= 15 is 0 Å². The smallest absolute Gasteiger partial charge is 0.127 e. The van der Waals surface area contributed by atoms with Crippen molar-refractivity contribution in [2.75, 3.05) is 7.11 Å². The van der Waals surface area contributed by atoms with Crippen LogP contribution in [-0.4, -0.2) is 7.11 Å². The van der Waals surface area contributed by atoms with Crippen molar-refractivity contribution in [2.24, 2.45) is 5.73 Å². The number of aryl methyl sites for hydroxylation is 2. The Balaban J connectivity index is 2.58. The summed E-state index contributed by atoms with van der Waals surface area (Å²) in [6.45, 7) is 6.17. The Morgan fingerprint density at radius 2 is 1.70 bits per heavy atom. The molecular weight excluding hydrogens is 314 g/mol. The number of methoxy groups -OCH3 is 1. The molecule has 0 saturated carbocycles. The van der Waals surface area contributed by atoms with Crippen molar-refractivity contribution >= 4 is 15.9 Å². The van der Waals surface area contributed by atoms with Gasteiger partial charge in [0.15, 0.2) is 0 Å². The van der Waals surface area contributed by atoms with Gasteiger partial charge in [0.05, 0.1) is 13.2 Å². The van der Waals surface area contributed by atoms with Gasteiger partial charge in [0, 0.05) is 10.0 Å². The first-order valence-electron chi connectivity index (χ1n) is 6.61. The van der Waals surface area contributed by atoms with Gasteiger partial charge in [0.1, 0.15) is 5.75 Å². The Labute approximate surface area is 129 Å². The first-order chi connectivity index (χ1) is 9.45. The summed E-state index contributed by atoms with van der Waals surface area (Å²) in [5, 5.41) is 0. The molecule has 106 valence electrons. The van der Waals surface area contributed by atoms with Crippen molar-refractivity contribution in [1.82, 2.24) is 0 Å². The van der Waals surface area contributed by atoms with Gasteiger partial charge in [-0.05, 0) is 43.5 Å². The minimum Gasteiger partial charge on any atom is -0.496 e. The lowest BCUT2D eigenvalue weighted by atomic mass is 9.92. The summed E-state index contributed by atoms with van der Waals surface area (Å²) >= 11 is 3.60. The van der Waals surface area contributed by atoms with E-state index in [0.29, 0.717) is 0 Å². The predicted molar refractivity (Wildman–Crippen MR) is 87.4 cm³/mol. The number of rotatable bonds is 3. The van der Waals surface area contributed by atoms with Gasteiger partial charge >= 0.3 is 0 Å². The van der Waals surface area contributed by atoms with Crippen LogP contribution >= 0.6 is 15.9 Å². The molecule has 0 heterocycles. The summed E-state index contributed by atoms with van der Waals surface area (Å²) in [6.07, 6.45) is 0. The second kappa shape index (κ2) is 5.98. The Morgan fingerprint density at radius 3 is 2.25 bits per heavy atom. The molecule has 0 aliphatic heterocycles. The zero-order valence-electron chi connectivity index (χ0n) is 12.3. The van der Waals surface area contributed by atoms with Crippen molar-refractivity contribution < 1.29 is 4.74 Å². The Morgan fingerprint density at radius 1 is 1.10 bits per heavy atom. The highest BCUT2D eigenvalue weighted by atomic mass is 79.9. The van der Waals surface area contributed by atoms with Crippen LogP contribution < -0.4 is 10.5 Å². The molecule has 1 unspecified atom stereocenters. The molecule has 0 aliphatic rings. The number of hydrogen-bond donors (Lipinski definition) is 1. The first-order valence-corrected chi connectivity index (χ1v) is 7.40. The maximum atomic E-state index is 6.48. The molecule has 2 aromatic carbocycles. The molecular formula is C17H20BrNO. The van der Waals surface area contributed by atoms with Gasteiger partial charge in [-0.2, -0.15) is 0 Å². The molecule has 0 saturated heterocycles. The second-order valence-electron chi connectivity index (χ2n) is 5.14. The molecule has 1 atom stereocenters. The molecule has 0 fully saturated rings. The van der Waals surface area contributed by atoms with Crippen molar-refractivity contribution in [2.45, 2.75) is 26.8 Å². The van der Waals surface area contributed by atoms with Crippen molar-refractivity contribution in [3.05, 3.63) is 62.6 Å². The van der Waals surface area contributed by atoms with Gasteiger partial charge in [0.2, 0.25) is 0 Å². The molecule has 2 rings (SSSR count). The summed E-state index contributed by atoms with van der Waals surface area (Å²) in [5.41, 5.74) is 12.1. The third-order valence-electron chi connectivity index (χ3n) is 3.66. The van der Waals surface area contributed by atoms with Gasteiger partial charge < -0.3 is 10.5 Å². The lowest BCUT2D eigenvalue weighted by Gasteiger charge is -2.21. The predicted octanol–water partition coefficient (Wildman–Crippen LogP) is 4.43. The number of nitrogens with two attached hydrogens (primary N) is 1. The topological polar surface area (TPSA) is 35.2 Å². The molecule has 0 radical (unpaired) electrons. The maximum Gasteiger partial charge on any atom is 0.127 e. The fraction of sp³-hybridized carbons (Fsp3) is 0.294. The van der Waals surface area contributed by atoms with E-state index in [2.05, 4.69) is 60.1 Å². The monoisotopic (exact) mass is 333 g/mol. The number of benzene rings is 2. The van der Waals surface area contributed by atoms with Crippen molar-refractivity contribution in [3.63, 3.8) is 0 Å². The van der Waals surface area contributed by atoms with Crippen molar-refractivity contribution in [3.8, 4) is 5.75 Å². The molecule has 2 aromatic rings. The van der Waals surface area contributed by atoms with E-state index in [4.69, 9.17) is 10.5 Å². The van der Waals surface area contributed by atoms with Crippen LogP contribution in [-0.2, 0) is 0 Å². The number of ether oxygens (including phenoxy) is 1. The standard InChI is InChI=1S/C17H20BrNO/c1-10-5-7-13(8-6-10)16(19)15-12(3)14(18)9-11(2)17(15)20-4/h5-9,16H,19H2,1-4H3. The normalized spacial score (nSPS) is 12.3. The highest BCUT2D eigenvalue weighted by Gasteiger charge is 2.20. The Hall–Kier alpha value is -1.32. The van der Waals surface area contributed by atoms with E-state index < -0.39 is 0 Å². The second-order valence-corrected chi connectivity index (χ2v) is 5.99. The van der Waals surface area contributed by atoms with Crippen LogP contribution in [0.25, 0.3) is 0 Å². The molecule has 0 bridgehead atoms. The summed E-state index contributed by atoms with van der Waals surface area (Å²) in [5.74, 6) is 0.874. The van der Waals surface area contributed by atoms with Gasteiger partial charge in [-0.25, -0.2) is 0 Å². The third-order valence-corrected chi connectivity index (χ3v) is 4.48. The van der Waals surface area contributed by atoms with E-state index in [-0.39, 0.29) is 6.04 Å². The van der Waals surface area contributed by atoms with E-state index in [1.165, 1.54) is 5.56 Å². The molecule has 0 aromatic heterocycles. The zero-order valence-corrected chi connectivity index (χ0v) is 13.9. The van der Waals surface area contributed by atoms with Crippen LogP contribution in [0.5, 0.6) is 5.75 Å². The van der Waals surface area contributed by atoms with E-state index in [0.717, 1.165) is 32.5 Å². The van der Waals surface area contributed by atoms with Gasteiger partial charge in [-0.3, -0.25) is 0 Å². The average molecular weight is 334 g/mol. The number of hydrogen-bond acceptors (Lipinski definition) is 2. The van der Waals surface area contributed by atoms with Gasteiger partial charge in [-0.15, -0.1) is 0 Å². The lowest BCUT2D eigenvalue weighted by molar-refractivity contribution is 0.404. The third kappa shape index (κ3) is 2.74. The first kappa shape index (κ1) is 15.1. The van der Waals surface area contributed by atoms with Crippen LogP contribution in [0.4, 0.5) is 0 Å². The lowest BCUT2D eigenvalue weighted by Crippen LogP contribution is -2.15. The highest BCUT2D eigenvalue weighted by Crippen LogP contribution is 2.37. The van der Waals surface area contributed by atoms with Crippen molar-refractivity contribution in [1.29, 1.82) is 0 Å². The minimum atomic E-state index is -0.193. The van der Waals surface area contributed by atoms with Crippen LogP contribution in [0.15, 0.2) is 34.8 Å². The Bertz CT molecular complexity index is 620. The molecule has 3 heteroatoms. The average Bonchev–Trinajstić information content (AvgIpc) is 2.42. The largest absolute Gasteiger partial charge is 0.496 e. The maximum absolute atomic E-state index is 6.48. The Kier molecular flexibility index (Phi) is 4.51. The molecule has 0 amide bonds.